The van der Waals surface area contributed by atoms with Crippen molar-refractivity contribution >= 4 is 17.8 Å². The molecule has 1 aliphatic heterocycles. The first kappa shape index (κ1) is 23.8. The summed E-state index contributed by atoms with van der Waals surface area (Å²) >= 11 is 0. The average Bonchev–Trinajstić information content (AvgIpc) is 2.90. The summed E-state index contributed by atoms with van der Waals surface area (Å²) in [5, 5.41) is 2.81. The summed E-state index contributed by atoms with van der Waals surface area (Å²) in [4.78, 5) is 41.9. The standard InChI is InChI=1S/C23H34FN3O3/c1-6-7-12-23(18-8-10-19(24)11-9-18)21(29)27(22(30)25-23)15-20(28)26(13-16(2)3)14-17(4)5/h8-11,16-17H,6-7,12-15H2,1-5H3,(H,25,30)/t23-/m1/s1. The number of unbranched alkanes of at least 4 members (excludes halogenated alkanes) is 1. The van der Waals surface area contributed by atoms with Crippen molar-refractivity contribution in [2.75, 3.05) is 19.6 Å². The Morgan fingerprint density at radius 1 is 1.10 bits per heavy atom. The van der Waals surface area contributed by atoms with E-state index in [1.807, 2.05) is 34.6 Å². The first-order valence-electron chi connectivity index (χ1n) is 10.8. The summed E-state index contributed by atoms with van der Waals surface area (Å²) < 4.78 is 13.4. The number of imide groups is 1. The van der Waals surface area contributed by atoms with Crippen molar-refractivity contribution in [2.24, 2.45) is 11.8 Å². The maximum absolute atomic E-state index is 13.4. The van der Waals surface area contributed by atoms with E-state index in [1.165, 1.54) is 24.3 Å². The zero-order chi connectivity index (χ0) is 22.5. The summed E-state index contributed by atoms with van der Waals surface area (Å²) in [7, 11) is 0. The number of urea groups is 1. The maximum Gasteiger partial charge on any atom is 0.325 e. The van der Waals surface area contributed by atoms with Gasteiger partial charge in [-0.05, 0) is 36.0 Å². The van der Waals surface area contributed by atoms with Gasteiger partial charge >= 0.3 is 6.03 Å². The Labute approximate surface area is 178 Å². The predicted octanol–water partition coefficient (Wildman–Crippen LogP) is 3.90. The van der Waals surface area contributed by atoms with Crippen LogP contribution in [0.2, 0.25) is 0 Å². The Bertz CT molecular complexity index is 753. The zero-order valence-corrected chi connectivity index (χ0v) is 18.7. The van der Waals surface area contributed by atoms with Gasteiger partial charge in [-0.3, -0.25) is 14.5 Å². The molecule has 6 nitrogen and oxygen atoms in total. The molecule has 2 rings (SSSR count). The second-order valence-electron chi connectivity index (χ2n) is 8.92. The molecular formula is C23H34FN3O3. The Hall–Kier alpha value is -2.44. The van der Waals surface area contributed by atoms with Crippen LogP contribution in [0.1, 0.15) is 59.4 Å². The van der Waals surface area contributed by atoms with Crippen LogP contribution in [0.5, 0.6) is 0 Å². The lowest BCUT2D eigenvalue weighted by atomic mass is 9.85. The van der Waals surface area contributed by atoms with E-state index in [0.29, 0.717) is 31.5 Å². The molecule has 166 valence electrons. The van der Waals surface area contributed by atoms with E-state index >= 15 is 0 Å². The van der Waals surface area contributed by atoms with E-state index in [1.54, 1.807) is 4.90 Å². The van der Waals surface area contributed by atoms with Gasteiger partial charge in [0, 0.05) is 13.1 Å². The predicted molar refractivity (Wildman–Crippen MR) is 114 cm³/mol. The van der Waals surface area contributed by atoms with Gasteiger partial charge in [0.25, 0.3) is 5.91 Å². The summed E-state index contributed by atoms with van der Waals surface area (Å²) in [5.41, 5.74) is -0.728. The topological polar surface area (TPSA) is 69.7 Å². The van der Waals surface area contributed by atoms with E-state index in [9.17, 15) is 18.8 Å². The van der Waals surface area contributed by atoms with Gasteiger partial charge in [0.15, 0.2) is 0 Å². The third-order valence-electron chi connectivity index (χ3n) is 5.24. The minimum atomic E-state index is -1.26. The molecule has 1 N–H and O–H groups in total. The molecule has 1 heterocycles. The molecule has 1 saturated heterocycles. The molecule has 1 fully saturated rings. The van der Waals surface area contributed by atoms with Crippen LogP contribution < -0.4 is 5.32 Å². The van der Waals surface area contributed by atoms with E-state index in [0.717, 1.165) is 11.3 Å². The molecule has 0 aromatic heterocycles. The summed E-state index contributed by atoms with van der Waals surface area (Å²) in [5.74, 6) is -0.551. The number of carbonyl (C=O) groups is 3. The molecule has 1 atom stereocenters. The lowest BCUT2D eigenvalue weighted by Gasteiger charge is -2.29. The van der Waals surface area contributed by atoms with Crippen molar-refractivity contribution in [3.63, 3.8) is 0 Å². The Kier molecular flexibility index (Phi) is 7.98. The van der Waals surface area contributed by atoms with E-state index in [4.69, 9.17) is 0 Å². The van der Waals surface area contributed by atoms with Gasteiger partial charge in [-0.1, -0.05) is 59.6 Å². The van der Waals surface area contributed by atoms with Crippen LogP contribution in [0, 0.1) is 17.7 Å². The minimum absolute atomic E-state index is 0.244. The van der Waals surface area contributed by atoms with Crippen molar-refractivity contribution in [1.82, 2.24) is 15.1 Å². The van der Waals surface area contributed by atoms with Gasteiger partial charge < -0.3 is 10.2 Å². The quantitative estimate of drug-likeness (QED) is 0.585. The van der Waals surface area contributed by atoms with Gasteiger partial charge in [0.1, 0.15) is 17.9 Å². The van der Waals surface area contributed by atoms with Crippen molar-refractivity contribution in [3.8, 4) is 0 Å². The number of nitrogens with zero attached hydrogens (tertiary/aromatic N) is 2. The normalized spacial score (nSPS) is 19.0. The first-order chi connectivity index (χ1) is 14.1. The lowest BCUT2D eigenvalue weighted by Crippen LogP contribution is -2.47. The number of hydrogen-bond donors (Lipinski definition) is 1. The van der Waals surface area contributed by atoms with Crippen molar-refractivity contribution < 1.29 is 18.8 Å². The molecule has 4 amide bonds. The fourth-order valence-electron chi connectivity index (χ4n) is 3.85. The lowest BCUT2D eigenvalue weighted by molar-refractivity contribution is -0.140. The van der Waals surface area contributed by atoms with Crippen molar-refractivity contribution in [3.05, 3.63) is 35.6 Å². The summed E-state index contributed by atoms with van der Waals surface area (Å²) in [6.07, 6.45) is 1.94. The third kappa shape index (κ3) is 5.37. The number of nitrogens with one attached hydrogen (secondary N) is 1. The first-order valence-corrected chi connectivity index (χ1v) is 10.8. The van der Waals surface area contributed by atoms with Crippen LogP contribution in [0.3, 0.4) is 0 Å². The van der Waals surface area contributed by atoms with Crippen molar-refractivity contribution in [2.45, 2.75) is 59.4 Å². The molecule has 0 bridgehead atoms. The molecule has 0 aliphatic carbocycles. The zero-order valence-electron chi connectivity index (χ0n) is 18.7. The van der Waals surface area contributed by atoms with Crippen LogP contribution in [0.15, 0.2) is 24.3 Å². The van der Waals surface area contributed by atoms with Crippen LogP contribution >= 0.6 is 0 Å². The number of amides is 4. The summed E-state index contributed by atoms with van der Waals surface area (Å²) in [6.45, 7) is 10.9. The highest BCUT2D eigenvalue weighted by atomic mass is 19.1. The number of benzene rings is 1. The highest BCUT2D eigenvalue weighted by molar-refractivity contribution is 6.09. The highest BCUT2D eigenvalue weighted by Gasteiger charge is 2.52. The SMILES string of the molecule is CCCC[C@]1(c2ccc(F)cc2)NC(=O)N(CC(=O)N(CC(C)C)CC(C)C)C1=O. The van der Waals surface area contributed by atoms with Crippen LogP contribution in [0.4, 0.5) is 9.18 Å². The van der Waals surface area contributed by atoms with Gasteiger partial charge in [-0.25, -0.2) is 9.18 Å². The molecule has 0 spiro atoms. The molecule has 1 aliphatic rings. The largest absolute Gasteiger partial charge is 0.341 e. The number of rotatable bonds is 10. The molecular weight excluding hydrogens is 385 g/mol. The number of hydrogen-bond acceptors (Lipinski definition) is 3. The van der Waals surface area contributed by atoms with Crippen molar-refractivity contribution in [1.29, 1.82) is 0 Å². The Morgan fingerprint density at radius 3 is 2.17 bits per heavy atom. The molecule has 0 unspecified atom stereocenters. The molecule has 0 radical (unpaired) electrons. The average molecular weight is 420 g/mol. The second kappa shape index (κ2) is 10.0. The maximum atomic E-state index is 13.4. The van der Waals surface area contributed by atoms with Gasteiger partial charge in [-0.2, -0.15) is 0 Å². The van der Waals surface area contributed by atoms with Gasteiger partial charge in [0.05, 0.1) is 0 Å². The molecule has 1 aromatic rings. The van der Waals surface area contributed by atoms with Crippen LogP contribution in [0.25, 0.3) is 0 Å². The fraction of sp³-hybridized carbons (Fsp3) is 0.609. The molecule has 1 aromatic carbocycles. The summed E-state index contributed by atoms with van der Waals surface area (Å²) in [6, 6.07) is 5.03. The highest BCUT2D eigenvalue weighted by Crippen LogP contribution is 2.34. The van der Waals surface area contributed by atoms with Gasteiger partial charge in [-0.15, -0.1) is 0 Å². The Morgan fingerprint density at radius 2 is 1.67 bits per heavy atom. The Balaban J connectivity index is 2.29. The molecule has 0 saturated carbocycles. The number of carbonyl (C=O) groups excluding carboxylic acids is 3. The van der Waals surface area contributed by atoms with Crippen LogP contribution in [-0.2, 0) is 15.1 Å². The van der Waals surface area contributed by atoms with E-state index in [2.05, 4.69) is 5.32 Å². The fourth-order valence-corrected chi connectivity index (χ4v) is 3.85. The van der Waals surface area contributed by atoms with E-state index < -0.39 is 23.3 Å². The molecule has 7 heteroatoms. The second-order valence-corrected chi connectivity index (χ2v) is 8.92. The smallest absolute Gasteiger partial charge is 0.325 e. The minimum Gasteiger partial charge on any atom is -0.341 e. The molecule has 30 heavy (non-hydrogen) atoms. The third-order valence-corrected chi connectivity index (χ3v) is 5.24. The number of halogens is 1. The van der Waals surface area contributed by atoms with E-state index in [-0.39, 0.29) is 24.3 Å². The van der Waals surface area contributed by atoms with Gasteiger partial charge in [0.2, 0.25) is 5.91 Å². The van der Waals surface area contributed by atoms with Crippen LogP contribution in [-0.4, -0.2) is 47.3 Å². The monoisotopic (exact) mass is 419 g/mol.